The van der Waals surface area contributed by atoms with Gasteiger partial charge in [-0.1, -0.05) is 31.7 Å². The molecule has 1 saturated heterocycles. The van der Waals surface area contributed by atoms with Crippen molar-refractivity contribution in [2.24, 2.45) is 10.7 Å². The van der Waals surface area contributed by atoms with Gasteiger partial charge in [-0.3, -0.25) is 0 Å². The monoisotopic (exact) mass is 472 g/mol. The van der Waals surface area contributed by atoms with Gasteiger partial charge >= 0.3 is 0 Å². The Hall–Kier alpha value is -1.09. The molecule has 1 saturated carbocycles. The van der Waals surface area contributed by atoms with Crippen molar-refractivity contribution in [1.29, 1.82) is 0 Å². The van der Waals surface area contributed by atoms with E-state index in [1.54, 1.807) is 0 Å². The second-order valence-electron chi connectivity index (χ2n) is 7.35. The largest absolute Gasteiger partial charge is 0.370 e. The highest BCUT2D eigenvalue weighted by Crippen LogP contribution is 2.17. The van der Waals surface area contributed by atoms with Crippen molar-refractivity contribution in [2.45, 2.75) is 51.1 Å². The third-order valence-electron chi connectivity index (χ3n) is 5.28. The number of halogens is 1. The molecule has 3 rings (SSSR count). The van der Waals surface area contributed by atoms with Gasteiger partial charge in [-0.15, -0.1) is 24.0 Å². The van der Waals surface area contributed by atoms with Gasteiger partial charge < -0.3 is 20.9 Å². The molecule has 0 spiro atoms. The van der Waals surface area contributed by atoms with Gasteiger partial charge in [0.15, 0.2) is 5.96 Å². The molecule has 6 nitrogen and oxygen atoms in total. The van der Waals surface area contributed by atoms with Crippen LogP contribution in [0.4, 0.5) is 5.82 Å². The summed E-state index contributed by atoms with van der Waals surface area (Å²) in [4.78, 5) is 13.8. The zero-order chi connectivity index (χ0) is 17.5. The molecule has 146 valence electrons. The number of hydrogen-bond donors (Lipinski definition) is 2. The molecule has 0 unspecified atom stereocenters. The number of nitrogens with one attached hydrogen (secondary N) is 1. The standard InChI is InChI=1S/C19H32N6.HI/c1-24-10-12-25(13-11-24)18-9-8-16(14-21-18)15-22-19(20)23-17-6-4-2-3-5-7-17;/h8-9,14,17H,2-7,10-13,15H2,1H3,(H3,20,22,23);1H. The van der Waals surface area contributed by atoms with E-state index in [0.29, 0.717) is 18.5 Å². The lowest BCUT2D eigenvalue weighted by molar-refractivity contribution is 0.312. The number of piperazine rings is 1. The molecule has 1 aliphatic heterocycles. The molecular formula is C19H33IN6. The van der Waals surface area contributed by atoms with Crippen molar-refractivity contribution in [3.8, 4) is 0 Å². The molecule has 26 heavy (non-hydrogen) atoms. The molecule has 2 aliphatic rings. The van der Waals surface area contributed by atoms with E-state index in [9.17, 15) is 0 Å². The van der Waals surface area contributed by atoms with Crippen LogP contribution in [0.3, 0.4) is 0 Å². The van der Waals surface area contributed by atoms with Crippen molar-refractivity contribution in [2.75, 3.05) is 38.1 Å². The zero-order valence-corrected chi connectivity index (χ0v) is 18.2. The van der Waals surface area contributed by atoms with Gasteiger partial charge in [-0.25, -0.2) is 9.98 Å². The number of guanidine groups is 1. The lowest BCUT2D eigenvalue weighted by atomic mass is 10.1. The lowest BCUT2D eigenvalue weighted by Crippen LogP contribution is -2.44. The second-order valence-corrected chi connectivity index (χ2v) is 7.35. The van der Waals surface area contributed by atoms with Gasteiger partial charge in [-0.2, -0.15) is 0 Å². The molecule has 2 fully saturated rings. The van der Waals surface area contributed by atoms with Gasteiger partial charge in [0.25, 0.3) is 0 Å². The van der Waals surface area contributed by atoms with Crippen molar-refractivity contribution >= 4 is 35.8 Å². The summed E-state index contributed by atoms with van der Waals surface area (Å²) in [6.07, 6.45) is 9.62. The third kappa shape index (κ3) is 6.57. The molecule has 3 N–H and O–H groups in total. The molecular weight excluding hydrogens is 439 g/mol. The van der Waals surface area contributed by atoms with Crippen LogP contribution in [0.15, 0.2) is 23.3 Å². The third-order valence-corrected chi connectivity index (χ3v) is 5.28. The fourth-order valence-corrected chi connectivity index (χ4v) is 3.59. The minimum Gasteiger partial charge on any atom is -0.370 e. The summed E-state index contributed by atoms with van der Waals surface area (Å²) in [6, 6.07) is 4.71. The Labute approximate surface area is 174 Å². The van der Waals surface area contributed by atoms with Crippen LogP contribution in [0, 0.1) is 0 Å². The average molecular weight is 472 g/mol. The van der Waals surface area contributed by atoms with Crippen molar-refractivity contribution in [3.63, 3.8) is 0 Å². The molecule has 0 aromatic carbocycles. The van der Waals surface area contributed by atoms with Crippen LogP contribution in [0.5, 0.6) is 0 Å². The topological polar surface area (TPSA) is 69.8 Å². The van der Waals surface area contributed by atoms with E-state index in [0.717, 1.165) is 37.6 Å². The molecule has 2 heterocycles. The lowest BCUT2D eigenvalue weighted by Gasteiger charge is -2.33. The smallest absolute Gasteiger partial charge is 0.189 e. The molecule has 1 aromatic rings. The van der Waals surface area contributed by atoms with Crippen LogP contribution in [0.25, 0.3) is 0 Å². The highest BCUT2D eigenvalue weighted by molar-refractivity contribution is 14.0. The van der Waals surface area contributed by atoms with E-state index >= 15 is 0 Å². The number of aliphatic imine (C=N–C) groups is 1. The predicted molar refractivity (Wildman–Crippen MR) is 119 cm³/mol. The highest BCUT2D eigenvalue weighted by Gasteiger charge is 2.15. The summed E-state index contributed by atoms with van der Waals surface area (Å²) in [7, 11) is 2.17. The van der Waals surface area contributed by atoms with E-state index in [1.165, 1.54) is 38.5 Å². The van der Waals surface area contributed by atoms with Gasteiger partial charge in [-0.05, 0) is 31.5 Å². The van der Waals surface area contributed by atoms with Crippen LogP contribution in [-0.4, -0.2) is 55.1 Å². The minimum atomic E-state index is 0. The number of nitrogens with zero attached hydrogens (tertiary/aromatic N) is 4. The highest BCUT2D eigenvalue weighted by atomic mass is 127. The van der Waals surface area contributed by atoms with Gasteiger partial charge in [0.1, 0.15) is 5.82 Å². The summed E-state index contributed by atoms with van der Waals surface area (Å²) in [5, 5.41) is 3.39. The first-order chi connectivity index (χ1) is 12.2. The van der Waals surface area contributed by atoms with Crippen LogP contribution < -0.4 is 16.0 Å². The second kappa shape index (κ2) is 10.9. The Balaban J connectivity index is 0.00000243. The Bertz CT molecular complexity index is 546. The summed E-state index contributed by atoms with van der Waals surface area (Å²) < 4.78 is 0. The molecule has 0 atom stereocenters. The van der Waals surface area contributed by atoms with E-state index in [-0.39, 0.29) is 24.0 Å². The fraction of sp³-hybridized carbons (Fsp3) is 0.684. The van der Waals surface area contributed by atoms with Crippen LogP contribution in [0.2, 0.25) is 0 Å². The number of pyridine rings is 1. The van der Waals surface area contributed by atoms with Crippen LogP contribution in [-0.2, 0) is 6.54 Å². The van der Waals surface area contributed by atoms with Gasteiger partial charge in [0.2, 0.25) is 0 Å². The molecule has 1 aliphatic carbocycles. The number of likely N-dealkylation sites (N-methyl/N-ethyl adjacent to an activating group) is 1. The molecule has 0 radical (unpaired) electrons. The Morgan fingerprint density at radius 3 is 2.46 bits per heavy atom. The first-order valence-corrected chi connectivity index (χ1v) is 9.65. The fourth-order valence-electron chi connectivity index (χ4n) is 3.59. The number of hydrogen-bond acceptors (Lipinski definition) is 4. The van der Waals surface area contributed by atoms with Crippen LogP contribution >= 0.6 is 24.0 Å². The maximum atomic E-state index is 6.07. The average Bonchev–Trinajstić information content (AvgIpc) is 2.90. The number of aromatic nitrogens is 1. The predicted octanol–water partition coefficient (Wildman–Crippen LogP) is 2.58. The summed E-state index contributed by atoms with van der Waals surface area (Å²) in [5.41, 5.74) is 7.17. The van der Waals surface area contributed by atoms with Gasteiger partial charge in [0, 0.05) is 38.4 Å². The summed E-state index contributed by atoms with van der Waals surface area (Å²) >= 11 is 0. The van der Waals surface area contributed by atoms with E-state index in [2.05, 4.69) is 44.3 Å². The Kier molecular flexibility index (Phi) is 8.90. The SMILES string of the molecule is CN1CCN(c2ccc(CN=C(N)NC3CCCCCC3)cn2)CC1.I. The first-order valence-electron chi connectivity index (χ1n) is 9.65. The van der Waals surface area contributed by atoms with E-state index in [1.807, 2.05) is 6.20 Å². The quantitative estimate of drug-likeness (QED) is 0.305. The molecule has 1 aromatic heterocycles. The molecule has 7 heteroatoms. The van der Waals surface area contributed by atoms with Crippen molar-refractivity contribution < 1.29 is 0 Å². The maximum absolute atomic E-state index is 6.07. The summed E-state index contributed by atoms with van der Waals surface area (Å²) in [6.45, 7) is 4.86. The van der Waals surface area contributed by atoms with Crippen LogP contribution in [0.1, 0.15) is 44.1 Å². The van der Waals surface area contributed by atoms with E-state index in [4.69, 9.17) is 5.73 Å². The molecule has 0 amide bonds. The van der Waals surface area contributed by atoms with Crippen molar-refractivity contribution in [3.05, 3.63) is 23.9 Å². The van der Waals surface area contributed by atoms with Gasteiger partial charge in [0.05, 0.1) is 6.54 Å². The first kappa shape index (κ1) is 21.2. The van der Waals surface area contributed by atoms with Crippen molar-refractivity contribution in [1.82, 2.24) is 15.2 Å². The zero-order valence-electron chi connectivity index (χ0n) is 15.9. The van der Waals surface area contributed by atoms with E-state index < -0.39 is 0 Å². The maximum Gasteiger partial charge on any atom is 0.189 e. The Morgan fingerprint density at radius 2 is 1.85 bits per heavy atom. The molecule has 0 bridgehead atoms. The number of rotatable bonds is 4. The Morgan fingerprint density at radius 1 is 1.15 bits per heavy atom. The number of anilines is 1. The normalized spacial score (nSPS) is 20.3. The summed E-state index contributed by atoms with van der Waals surface area (Å²) in [5.74, 6) is 1.63. The minimum absolute atomic E-state index is 0. The number of nitrogens with two attached hydrogens (primary N) is 1.